The fourth-order valence-corrected chi connectivity index (χ4v) is 2.87. The summed E-state index contributed by atoms with van der Waals surface area (Å²) in [4.78, 5) is 16.6. The molecule has 0 amide bonds. The zero-order chi connectivity index (χ0) is 20.8. The van der Waals surface area contributed by atoms with Crippen LogP contribution in [0.2, 0.25) is 0 Å². The minimum atomic E-state index is -4.48. The third-order valence-electron chi connectivity index (χ3n) is 4.19. The first kappa shape index (κ1) is 18.6. The van der Waals surface area contributed by atoms with Crippen molar-refractivity contribution in [3.63, 3.8) is 0 Å². The Kier molecular flexibility index (Phi) is 4.31. The second-order valence-electron chi connectivity index (χ2n) is 6.13. The number of nitrogen functional groups attached to an aromatic ring is 1. The second kappa shape index (κ2) is 6.71. The number of halogens is 3. The number of para-hydroxylation sites is 2. The topological polar surface area (TPSA) is 106 Å². The highest BCUT2D eigenvalue weighted by molar-refractivity contribution is 5.77. The van der Waals surface area contributed by atoms with E-state index in [2.05, 4.69) is 19.9 Å². The molecule has 4 aromatic rings. The van der Waals surface area contributed by atoms with Crippen molar-refractivity contribution >= 4 is 28.6 Å². The Morgan fingerprint density at radius 2 is 1.66 bits per heavy atom. The number of nitrogens with two attached hydrogens (primary N) is 1. The number of imidazole rings is 1. The van der Waals surface area contributed by atoms with Gasteiger partial charge in [0.05, 0.1) is 22.3 Å². The molecule has 0 spiro atoms. The fourth-order valence-electron chi connectivity index (χ4n) is 2.87. The monoisotopic (exact) mass is 401 g/mol. The van der Waals surface area contributed by atoms with Gasteiger partial charge in [0.25, 0.3) is 5.95 Å². The molecule has 8 nitrogen and oxygen atoms in total. The van der Waals surface area contributed by atoms with Crippen LogP contribution in [-0.4, -0.2) is 29.7 Å². The van der Waals surface area contributed by atoms with Crippen LogP contribution in [0.25, 0.3) is 17.0 Å². The first-order valence-corrected chi connectivity index (χ1v) is 8.36. The first-order valence-electron chi connectivity index (χ1n) is 8.36. The molecule has 0 aliphatic carbocycles. The number of hydrogen-bond donors (Lipinski definition) is 2. The molecule has 0 aliphatic heterocycles. The van der Waals surface area contributed by atoms with Gasteiger partial charge in [0.2, 0.25) is 11.9 Å². The van der Waals surface area contributed by atoms with Gasteiger partial charge in [-0.1, -0.05) is 12.1 Å². The molecule has 3 N–H and O–H groups in total. The summed E-state index contributed by atoms with van der Waals surface area (Å²) in [6.07, 6.45) is -4.48. The summed E-state index contributed by atoms with van der Waals surface area (Å²) >= 11 is 0. The standard InChI is InChI=1S/C18H14F3N7O/c1-10-23-13-4-2-3-5-14(13)27(10)16-24-15(22)25-17(26-16)28(29)12-8-6-11(7-9-12)18(19,20)21/h2-9,29H,1H3,(H2,22,24,25,26). The summed E-state index contributed by atoms with van der Waals surface area (Å²) in [5.74, 6) is 0.281. The Bertz CT molecular complexity index is 1190. The van der Waals surface area contributed by atoms with E-state index in [0.717, 1.165) is 29.8 Å². The number of aryl methyl sites for hydroxylation is 1. The number of alkyl halides is 3. The van der Waals surface area contributed by atoms with Crippen LogP contribution in [0.3, 0.4) is 0 Å². The number of rotatable bonds is 3. The normalized spacial score (nSPS) is 11.8. The van der Waals surface area contributed by atoms with Crippen LogP contribution in [0.1, 0.15) is 11.4 Å². The van der Waals surface area contributed by atoms with E-state index < -0.39 is 11.7 Å². The Morgan fingerprint density at radius 1 is 0.966 bits per heavy atom. The fraction of sp³-hybridized carbons (Fsp3) is 0.111. The van der Waals surface area contributed by atoms with Gasteiger partial charge < -0.3 is 5.73 Å². The number of fused-ring (bicyclic) bond motifs is 1. The molecule has 4 rings (SSSR count). The maximum atomic E-state index is 12.7. The number of hydrogen-bond acceptors (Lipinski definition) is 7. The molecular formula is C18H14F3N7O. The summed E-state index contributed by atoms with van der Waals surface area (Å²) < 4.78 is 39.8. The van der Waals surface area contributed by atoms with Crippen LogP contribution in [0.4, 0.5) is 30.8 Å². The number of anilines is 3. The molecule has 148 valence electrons. The van der Waals surface area contributed by atoms with E-state index in [0.29, 0.717) is 16.4 Å². The van der Waals surface area contributed by atoms with E-state index in [9.17, 15) is 18.4 Å². The van der Waals surface area contributed by atoms with Crippen LogP contribution in [0.15, 0.2) is 48.5 Å². The van der Waals surface area contributed by atoms with Crippen molar-refractivity contribution in [2.75, 3.05) is 10.8 Å². The van der Waals surface area contributed by atoms with Crippen LogP contribution in [-0.2, 0) is 6.18 Å². The first-order chi connectivity index (χ1) is 13.7. The van der Waals surface area contributed by atoms with Gasteiger partial charge in [-0.25, -0.2) is 4.98 Å². The highest BCUT2D eigenvalue weighted by Crippen LogP contribution is 2.31. The number of nitrogens with zero attached hydrogens (tertiary/aromatic N) is 6. The lowest BCUT2D eigenvalue weighted by Gasteiger charge is -2.17. The quantitative estimate of drug-likeness (QED) is 0.505. The average Bonchev–Trinajstić information content (AvgIpc) is 3.02. The van der Waals surface area contributed by atoms with E-state index in [1.54, 1.807) is 11.5 Å². The maximum absolute atomic E-state index is 12.7. The Balaban J connectivity index is 1.76. The predicted octanol–water partition coefficient (Wildman–Crippen LogP) is 3.65. The van der Waals surface area contributed by atoms with Crippen LogP contribution in [0, 0.1) is 6.92 Å². The van der Waals surface area contributed by atoms with E-state index in [4.69, 9.17) is 5.73 Å². The summed E-state index contributed by atoms with van der Waals surface area (Å²) in [5.41, 5.74) is 6.40. The molecule has 0 saturated carbocycles. The molecular weight excluding hydrogens is 387 g/mol. The molecule has 2 heterocycles. The average molecular weight is 401 g/mol. The van der Waals surface area contributed by atoms with E-state index in [-0.39, 0.29) is 23.5 Å². The lowest BCUT2D eigenvalue weighted by atomic mass is 10.2. The lowest BCUT2D eigenvalue weighted by molar-refractivity contribution is -0.137. The number of aromatic nitrogens is 5. The zero-order valence-corrected chi connectivity index (χ0v) is 15.0. The molecule has 11 heteroatoms. The minimum absolute atomic E-state index is 0.0294. The molecule has 0 atom stereocenters. The highest BCUT2D eigenvalue weighted by atomic mass is 19.4. The van der Waals surface area contributed by atoms with Crippen molar-refractivity contribution in [1.82, 2.24) is 24.5 Å². The van der Waals surface area contributed by atoms with Crippen molar-refractivity contribution in [3.05, 3.63) is 59.9 Å². The molecule has 2 aromatic heterocycles. The minimum Gasteiger partial charge on any atom is -0.368 e. The zero-order valence-electron chi connectivity index (χ0n) is 15.0. The smallest absolute Gasteiger partial charge is 0.368 e. The van der Waals surface area contributed by atoms with Crippen LogP contribution in [0.5, 0.6) is 0 Å². The molecule has 0 saturated heterocycles. The van der Waals surface area contributed by atoms with Crippen molar-refractivity contribution < 1.29 is 18.4 Å². The maximum Gasteiger partial charge on any atom is 0.416 e. The van der Waals surface area contributed by atoms with E-state index in [1.165, 1.54) is 0 Å². The lowest BCUT2D eigenvalue weighted by Crippen LogP contribution is -2.18. The Morgan fingerprint density at radius 3 is 2.34 bits per heavy atom. The van der Waals surface area contributed by atoms with Gasteiger partial charge in [0, 0.05) is 0 Å². The van der Waals surface area contributed by atoms with Crippen molar-refractivity contribution in [3.8, 4) is 5.95 Å². The van der Waals surface area contributed by atoms with Crippen LogP contribution >= 0.6 is 0 Å². The largest absolute Gasteiger partial charge is 0.416 e. The third-order valence-corrected chi connectivity index (χ3v) is 4.19. The van der Waals surface area contributed by atoms with E-state index >= 15 is 0 Å². The second-order valence-corrected chi connectivity index (χ2v) is 6.13. The predicted molar refractivity (Wildman–Crippen MR) is 99.0 cm³/mol. The number of benzene rings is 2. The summed E-state index contributed by atoms with van der Waals surface area (Å²) in [6, 6.07) is 11.2. The van der Waals surface area contributed by atoms with Gasteiger partial charge in [-0.15, -0.1) is 0 Å². The molecule has 0 aliphatic rings. The highest BCUT2D eigenvalue weighted by Gasteiger charge is 2.30. The van der Waals surface area contributed by atoms with Gasteiger partial charge in [-0.05, 0) is 43.3 Å². The summed E-state index contributed by atoms with van der Waals surface area (Å²) in [7, 11) is 0. The molecule has 0 fully saturated rings. The summed E-state index contributed by atoms with van der Waals surface area (Å²) in [5, 5.41) is 11.0. The Hall–Kier alpha value is -3.73. The van der Waals surface area contributed by atoms with Gasteiger partial charge in [-0.3, -0.25) is 9.77 Å². The summed E-state index contributed by atoms with van der Waals surface area (Å²) in [6.45, 7) is 1.76. The van der Waals surface area contributed by atoms with Crippen molar-refractivity contribution in [1.29, 1.82) is 0 Å². The SMILES string of the molecule is Cc1nc2ccccc2n1-c1nc(N)nc(N(O)c2ccc(C(F)(F)F)cc2)n1. The van der Waals surface area contributed by atoms with Gasteiger partial charge >= 0.3 is 6.18 Å². The van der Waals surface area contributed by atoms with Gasteiger partial charge in [-0.2, -0.15) is 33.2 Å². The third kappa shape index (κ3) is 3.43. The van der Waals surface area contributed by atoms with Crippen molar-refractivity contribution in [2.45, 2.75) is 13.1 Å². The van der Waals surface area contributed by atoms with E-state index in [1.807, 2.05) is 24.3 Å². The molecule has 0 bridgehead atoms. The molecule has 29 heavy (non-hydrogen) atoms. The van der Waals surface area contributed by atoms with Crippen molar-refractivity contribution in [2.24, 2.45) is 0 Å². The Labute approximate surface area is 162 Å². The van der Waals surface area contributed by atoms with Gasteiger partial charge in [0.1, 0.15) is 5.82 Å². The van der Waals surface area contributed by atoms with Crippen LogP contribution < -0.4 is 10.8 Å². The van der Waals surface area contributed by atoms with Gasteiger partial charge in [0.15, 0.2) is 0 Å². The molecule has 0 unspecified atom stereocenters. The molecule has 2 aromatic carbocycles. The molecule has 0 radical (unpaired) electrons.